The highest BCUT2D eigenvalue weighted by Gasteiger charge is 2.29. The molecule has 0 spiro atoms. The van der Waals surface area contributed by atoms with E-state index in [-0.39, 0.29) is 11.8 Å². The normalized spacial score (nSPS) is 14.3. The van der Waals surface area contributed by atoms with Gasteiger partial charge in [0.2, 0.25) is 5.91 Å². The third-order valence-corrected chi connectivity index (χ3v) is 4.68. The van der Waals surface area contributed by atoms with Crippen LogP contribution in [-0.4, -0.2) is 12.5 Å². The van der Waals surface area contributed by atoms with Crippen molar-refractivity contribution in [2.45, 2.75) is 58.3 Å². The van der Waals surface area contributed by atoms with Crippen LogP contribution in [0, 0.1) is 5.92 Å². The van der Waals surface area contributed by atoms with Crippen LogP contribution in [0.5, 0.6) is 0 Å². The Bertz CT molecular complexity index is 655. The second-order valence-electron chi connectivity index (χ2n) is 6.72. The Morgan fingerprint density at radius 1 is 1.22 bits per heavy atom. The topological polar surface area (TPSA) is 42.2 Å². The first kappa shape index (κ1) is 16.1. The minimum Gasteiger partial charge on any atom is -0.464 e. The van der Waals surface area contributed by atoms with Crippen molar-refractivity contribution < 1.29 is 9.21 Å². The molecular weight excluding hydrogens is 286 g/mol. The maximum atomic E-state index is 11.7. The molecule has 0 bridgehead atoms. The molecule has 1 aliphatic rings. The van der Waals surface area contributed by atoms with E-state index in [4.69, 9.17) is 4.42 Å². The quantitative estimate of drug-likeness (QED) is 0.686. The fourth-order valence-corrected chi connectivity index (χ4v) is 3.04. The van der Waals surface area contributed by atoms with Crippen molar-refractivity contribution in [1.82, 2.24) is 5.32 Å². The van der Waals surface area contributed by atoms with Gasteiger partial charge in [-0.15, -0.1) is 0 Å². The van der Waals surface area contributed by atoms with E-state index in [1.807, 2.05) is 6.26 Å². The fraction of sp³-hybridized carbons (Fsp3) is 0.550. The molecule has 1 fully saturated rings. The summed E-state index contributed by atoms with van der Waals surface area (Å²) in [5, 5.41) is 4.24. The van der Waals surface area contributed by atoms with Gasteiger partial charge in [-0.3, -0.25) is 4.79 Å². The highest BCUT2D eigenvalue weighted by molar-refractivity contribution is 5.82. The van der Waals surface area contributed by atoms with Crippen LogP contribution in [0.2, 0.25) is 0 Å². The van der Waals surface area contributed by atoms with Crippen LogP contribution in [0.3, 0.4) is 0 Å². The lowest BCUT2D eigenvalue weighted by Crippen LogP contribution is -2.26. The molecule has 1 aliphatic carbocycles. The number of rotatable bonds is 9. The van der Waals surface area contributed by atoms with Crippen molar-refractivity contribution in [2.24, 2.45) is 5.92 Å². The average molecular weight is 313 g/mol. The molecule has 1 N–H and O–H groups in total. The number of benzene rings is 1. The van der Waals surface area contributed by atoms with Gasteiger partial charge >= 0.3 is 0 Å². The summed E-state index contributed by atoms with van der Waals surface area (Å²) >= 11 is 0. The van der Waals surface area contributed by atoms with E-state index in [1.165, 1.54) is 42.2 Å². The van der Waals surface area contributed by atoms with E-state index in [0.29, 0.717) is 6.54 Å². The summed E-state index contributed by atoms with van der Waals surface area (Å²) in [5.41, 5.74) is 3.54. The smallest absolute Gasteiger partial charge is 0.223 e. The van der Waals surface area contributed by atoms with Gasteiger partial charge in [0.25, 0.3) is 0 Å². The first-order valence-electron chi connectivity index (χ1n) is 9.04. The molecule has 23 heavy (non-hydrogen) atoms. The van der Waals surface area contributed by atoms with Crippen LogP contribution in [0.25, 0.3) is 11.0 Å². The second kappa shape index (κ2) is 7.67. The summed E-state index contributed by atoms with van der Waals surface area (Å²) < 4.78 is 5.65. The summed E-state index contributed by atoms with van der Waals surface area (Å²) in [6.07, 6.45) is 11.1. The largest absolute Gasteiger partial charge is 0.464 e. The zero-order valence-electron chi connectivity index (χ0n) is 14.1. The van der Waals surface area contributed by atoms with Crippen molar-refractivity contribution in [1.29, 1.82) is 0 Å². The van der Waals surface area contributed by atoms with Crippen LogP contribution >= 0.6 is 0 Å². The predicted octanol–water partition coefficient (Wildman–Crippen LogP) is 4.62. The lowest BCUT2D eigenvalue weighted by Gasteiger charge is -2.04. The van der Waals surface area contributed by atoms with Crippen LogP contribution in [0.15, 0.2) is 28.9 Å². The molecule has 1 aromatic carbocycles. The minimum absolute atomic E-state index is 0.217. The number of nitrogens with one attached hydrogen (secondary N) is 1. The molecule has 0 atom stereocenters. The third kappa shape index (κ3) is 4.37. The predicted molar refractivity (Wildman–Crippen MR) is 93.5 cm³/mol. The van der Waals surface area contributed by atoms with Crippen LogP contribution in [-0.2, 0) is 17.6 Å². The first-order chi connectivity index (χ1) is 11.3. The number of furan rings is 1. The van der Waals surface area contributed by atoms with Gasteiger partial charge in [-0.25, -0.2) is 0 Å². The minimum atomic E-state index is 0.217. The summed E-state index contributed by atoms with van der Waals surface area (Å²) in [6.45, 7) is 2.94. The number of carbonyl (C=O) groups excluding carboxylic acids is 1. The molecule has 3 heteroatoms. The Balaban J connectivity index is 1.57. The van der Waals surface area contributed by atoms with Crippen molar-refractivity contribution in [2.75, 3.05) is 6.54 Å². The van der Waals surface area contributed by atoms with E-state index in [0.717, 1.165) is 31.3 Å². The summed E-state index contributed by atoms with van der Waals surface area (Å²) in [5.74, 6) is 0.500. The SMILES string of the molecule is CCCCCCc1ccc2occ(CCNC(=O)C3CC3)c2c1. The molecule has 124 valence electrons. The molecule has 1 heterocycles. The Morgan fingerprint density at radius 3 is 2.87 bits per heavy atom. The number of aryl methyl sites for hydroxylation is 1. The number of amides is 1. The van der Waals surface area contributed by atoms with Gasteiger partial charge in [-0.05, 0) is 55.4 Å². The summed E-state index contributed by atoms with van der Waals surface area (Å²) in [4.78, 5) is 11.7. The van der Waals surface area contributed by atoms with Gasteiger partial charge in [0.05, 0.1) is 6.26 Å². The Labute approximate surface area is 138 Å². The molecule has 1 saturated carbocycles. The lowest BCUT2D eigenvalue weighted by molar-refractivity contribution is -0.122. The zero-order valence-corrected chi connectivity index (χ0v) is 14.1. The number of hydrogen-bond acceptors (Lipinski definition) is 2. The average Bonchev–Trinajstić information content (AvgIpc) is 3.34. The van der Waals surface area contributed by atoms with E-state index in [2.05, 4.69) is 30.4 Å². The molecular formula is C20H27NO2. The van der Waals surface area contributed by atoms with E-state index in [9.17, 15) is 4.79 Å². The highest BCUT2D eigenvalue weighted by Crippen LogP contribution is 2.29. The maximum absolute atomic E-state index is 11.7. The van der Waals surface area contributed by atoms with Gasteiger partial charge in [-0.1, -0.05) is 32.3 Å². The van der Waals surface area contributed by atoms with E-state index < -0.39 is 0 Å². The Kier molecular flexibility index (Phi) is 5.37. The number of fused-ring (bicyclic) bond motifs is 1. The molecule has 0 radical (unpaired) electrons. The van der Waals surface area contributed by atoms with Crippen molar-refractivity contribution >= 4 is 16.9 Å². The number of unbranched alkanes of at least 4 members (excludes halogenated alkanes) is 3. The van der Waals surface area contributed by atoms with Gasteiger partial charge in [0.15, 0.2) is 0 Å². The molecule has 1 amide bonds. The zero-order chi connectivity index (χ0) is 16.1. The second-order valence-corrected chi connectivity index (χ2v) is 6.72. The van der Waals surface area contributed by atoms with Gasteiger partial charge in [0, 0.05) is 17.8 Å². The van der Waals surface area contributed by atoms with E-state index >= 15 is 0 Å². The van der Waals surface area contributed by atoms with Gasteiger partial charge in [-0.2, -0.15) is 0 Å². The first-order valence-corrected chi connectivity index (χ1v) is 9.04. The molecule has 2 aromatic rings. The monoisotopic (exact) mass is 313 g/mol. The highest BCUT2D eigenvalue weighted by atomic mass is 16.3. The van der Waals surface area contributed by atoms with Crippen molar-refractivity contribution in [3.05, 3.63) is 35.6 Å². The molecule has 3 rings (SSSR count). The van der Waals surface area contributed by atoms with Gasteiger partial charge in [0.1, 0.15) is 5.58 Å². The number of hydrogen-bond donors (Lipinski definition) is 1. The fourth-order valence-electron chi connectivity index (χ4n) is 3.04. The maximum Gasteiger partial charge on any atom is 0.223 e. The molecule has 1 aromatic heterocycles. The van der Waals surface area contributed by atoms with Crippen molar-refractivity contribution in [3.63, 3.8) is 0 Å². The lowest BCUT2D eigenvalue weighted by atomic mass is 10.0. The van der Waals surface area contributed by atoms with Crippen LogP contribution in [0.1, 0.15) is 56.6 Å². The summed E-state index contributed by atoms with van der Waals surface area (Å²) in [6, 6.07) is 6.52. The van der Waals surface area contributed by atoms with Crippen molar-refractivity contribution in [3.8, 4) is 0 Å². The van der Waals surface area contributed by atoms with Crippen LogP contribution in [0.4, 0.5) is 0 Å². The standard InChI is InChI=1S/C20H27NO2/c1-2-3-4-5-6-15-7-10-19-18(13-15)17(14-23-19)11-12-21-20(22)16-8-9-16/h7,10,13-14,16H,2-6,8-9,11-12H2,1H3,(H,21,22). The molecule has 0 aliphatic heterocycles. The third-order valence-electron chi connectivity index (χ3n) is 4.68. The Morgan fingerprint density at radius 2 is 2.09 bits per heavy atom. The molecule has 0 saturated heterocycles. The van der Waals surface area contributed by atoms with Crippen LogP contribution < -0.4 is 5.32 Å². The number of carbonyl (C=O) groups is 1. The summed E-state index contributed by atoms with van der Waals surface area (Å²) in [7, 11) is 0. The van der Waals surface area contributed by atoms with Gasteiger partial charge < -0.3 is 9.73 Å². The molecule has 3 nitrogen and oxygen atoms in total. The Hall–Kier alpha value is -1.77. The van der Waals surface area contributed by atoms with E-state index in [1.54, 1.807) is 0 Å². The molecule has 0 unspecified atom stereocenters.